The highest BCUT2D eigenvalue weighted by Gasteiger charge is 2.34. The van der Waals surface area contributed by atoms with Gasteiger partial charge >= 0.3 is 6.18 Å². The van der Waals surface area contributed by atoms with Crippen molar-refractivity contribution in [3.05, 3.63) is 29.3 Å². The molecule has 0 bridgehead atoms. The first-order valence-corrected chi connectivity index (χ1v) is 6.92. The predicted molar refractivity (Wildman–Crippen MR) is 74.8 cm³/mol. The van der Waals surface area contributed by atoms with Gasteiger partial charge in [-0.3, -0.25) is 0 Å². The zero-order chi connectivity index (χ0) is 14.8. The Kier molecular flexibility index (Phi) is 4.52. The van der Waals surface area contributed by atoms with Crippen LogP contribution < -0.4 is 10.5 Å². The molecular formula is C14H16F3NOS. The Labute approximate surface area is 121 Å². The van der Waals surface area contributed by atoms with Gasteiger partial charge in [-0.25, -0.2) is 0 Å². The molecule has 1 saturated carbocycles. The van der Waals surface area contributed by atoms with Gasteiger partial charge in [0.2, 0.25) is 0 Å². The van der Waals surface area contributed by atoms with Crippen molar-refractivity contribution in [1.82, 2.24) is 0 Å². The lowest BCUT2D eigenvalue weighted by molar-refractivity contribution is -0.137. The van der Waals surface area contributed by atoms with Crippen LogP contribution in [-0.2, 0) is 6.18 Å². The van der Waals surface area contributed by atoms with Crippen molar-refractivity contribution in [1.29, 1.82) is 0 Å². The molecule has 20 heavy (non-hydrogen) atoms. The number of hydrogen-bond acceptors (Lipinski definition) is 2. The number of rotatable bonds is 5. The van der Waals surface area contributed by atoms with E-state index in [-0.39, 0.29) is 16.3 Å². The van der Waals surface area contributed by atoms with Crippen LogP contribution in [0.1, 0.15) is 36.8 Å². The summed E-state index contributed by atoms with van der Waals surface area (Å²) in [5.74, 6) is 0.865. The van der Waals surface area contributed by atoms with E-state index in [9.17, 15) is 13.2 Å². The first kappa shape index (κ1) is 15.1. The van der Waals surface area contributed by atoms with Crippen molar-refractivity contribution < 1.29 is 17.9 Å². The van der Waals surface area contributed by atoms with Gasteiger partial charge in [0.1, 0.15) is 10.7 Å². The highest BCUT2D eigenvalue weighted by atomic mass is 32.1. The third kappa shape index (κ3) is 3.62. The number of ether oxygens (including phenoxy) is 1. The lowest BCUT2D eigenvalue weighted by Crippen LogP contribution is -2.18. The Bertz CT molecular complexity index is 498. The lowest BCUT2D eigenvalue weighted by Gasteiger charge is -2.25. The highest BCUT2D eigenvalue weighted by Crippen LogP contribution is 2.35. The molecule has 2 N–H and O–H groups in total. The van der Waals surface area contributed by atoms with Crippen LogP contribution in [0.5, 0.6) is 5.75 Å². The van der Waals surface area contributed by atoms with E-state index in [2.05, 4.69) is 12.2 Å². The molecule has 2 rings (SSSR count). The van der Waals surface area contributed by atoms with Crippen LogP contribution in [0.25, 0.3) is 0 Å². The van der Waals surface area contributed by atoms with Crippen LogP contribution in [0.15, 0.2) is 18.2 Å². The van der Waals surface area contributed by atoms with E-state index < -0.39 is 11.7 Å². The molecule has 1 fully saturated rings. The highest BCUT2D eigenvalue weighted by molar-refractivity contribution is 7.80. The fourth-order valence-corrected chi connectivity index (χ4v) is 2.37. The van der Waals surface area contributed by atoms with E-state index in [1.165, 1.54) is 31.4 Å². The van der Waals surface area contributed by atoms with Gasteiger partial charge in [0.25, 0.3) is 0 Å². The van der Waals surface area contributed by atoms with Gasteiger partial charge in [0, 0.05) is 5.56 Å². The van der Waals surface area contributed by atoms with Crippen LogP contribution in [0.4, 0.5) is 13.2 Å². The topological polar surface area (TPSA) is 35.2 Å². The number of halogens is 3. The van der Waals surface area contributed by atoms with Crippen LogP contribution in [0, 0.1) is 5.92 Å². The maximum atomic E-state index is 12.9. The minimum absolute atomic E-state index is 0.168. The Hall–Kier alpha value is -1.30. The number of benzene rings is 1. The molecule has 0 heterocycles. The number of nitrogens with two attached hydrogens (primary N) is 1. The minimum Gasteiger partial charge on any atom is -0.494 e. The SMILES string of the molecule is NC(=S)c1ccc(OCCC2CCC2)cc1C(F)(F)F. The van der Waals surface area contributed by atoms with Crippen LogP contribution in [-0.4, -0.2) is 11.6 Å². The summed E-state index contributed by atoms with van der Waals surface area (Å²) in [5.41, 5.74) is 4.31. The summed E-state index contributed by atoms with van der Waals surface area (Å²) in [6, 6.07) is 3.71. The Morgan fingerprint density at radius 1 is 1.35 bits per heavy atom. The summed E-state index contributed by atoms with van der Waals surface area (Å²) in [7, 11) is 0. The third-order valence-electron chi connectivity index (χ3n) is 3.58. The summed E-state index contributed by atoms with van der Waals surface area (Å²) >= 11 is 4.64. The van der Waals surface area contributed by atoms with Gasteiger partial charge in [-0.1, -0.05) is 31.5 Å². The first-order valence-electron chi connectivity index (χ1n) is 6.52. The zero-order valence-corrected chi connectivity index (χ0v) is 11.7. The molecule has 0 amide bonds. The first-order chi connectivity index (χ1) is 9.38. The molecule has 0 atom stereocenters. The predicted octanol–water partition coefficient (Wildman–Crippen LogP) is 3.91. The Balaban J connectivity index is 2.08. The second-order valence-corrected chi connectivity index (χ2v) is 5.44. The van der Waals surface area contributed by atoms with E-state index in [1.807, 2.05) is 0 Å². The van der Waals surface area contributed by atoms with Crippen molar-refractivity contribution in [2.24, 2.45) is 11.7 Å². The minimum atomic E-state index is -4.49. The van der Waals surface area contributed by atoms with E-state index in [0.717, 1.165) is 12.5 Å². The van der Waals surface area contributed by atoms with Crippen molar-refractivity contribution in [2.75, 3.05) is 6.61 Å². The smallest absolute Gasteiger partial charge is 0.417 e. The van der Waals surface area contributed by atoms with Gasteiger partial charge in [-0.05, 0) is 30.5 Å². The molecule has 110 valence electrons. The third-order valence-corrected chi connectivity index (χ3v) is 3.80. The summed E-state index contributed by atoms with van der Waals surface area (Å²) in [6.07, 6.45) is 0.0190. The number of alkyl halides is 3. The molecule has 1 aliphatic rings. The molecule has 6 heteroatoms. The molecule has 1 aromatic carbocycles. The molecule has 0 aromatic heterocycles. The fraction of sp³-hybridized carbons (Fsp3) is 0.500. The van der Waals surface area contributed by atoms with Crippen molar-refractivity contribution in [2.45, 2.75) is 31.9 Å². The standard InChI is InChI=1S/C14H16F3NOS/c15-14(16,17)12-8-10(4-5-11(12)13(18)20)19-7-6-9-2-1-3-9/h4-5,8-9H,1-3,6-7H2,(H2,18,20). The molecule has 0 aliphatic heterocycles. The summed E-state index contributed by atoms with van der Waals surface area (Å²) in [4.78, 5) is -0.265. The summed E-state index contributed by atoms with van der Waals surface area (Å²) in [5, 5.41) is 0. The lowest BCUT2D eigenvalue weighted by atomic mass is 9.83. The summed E-state index contributed by atoms with van der Waals surface area (Å²) in [6.45, 7) is 0.439. The fourth-order valence-electron chi connectivity index (χ4n) is 2.19. The maximum absolute atomic E-state index is 12.9. The van der Waals surface area contributed by atoms with E-state index >= 15 is 0 Å². The van der Waals surface area contributed by atoms with Crippen LogP contribution in [0.3, 0.4) is 0 Å². The monoisotopic (exact) mass is 303 g/mol. The van der Waals surface area contributed by atoms with Gasteiger partial charge in [0.15, 0.2) is 0 Å². The molecule has 0 spiro atoms. The second kappa shape index (κ2) is 5.99. The molecule has 2 nitrogen and oxygen atoms in total. The normalized spacial score (nSPS) is 15.8. The molecule has 0 radical (unpaired) electrons. The van der Waals surface area contributed by atoms with Crippen LogP contribution in [0.2, 0.25) is 0 Å². The zero-order valence-electron chi connectivity index (χ0n) is 10.9. The average molecular weight is 303 g/mol. The average Bonchev–Trinajstić information content (AvgIpc) is 2.31. The van der Waals surface area contributed by atoms with E-state index in [4.69, 9.17) is 10.5 Å². The van der Waals surface area contributed by atoms with Gasteiger partial charge < -0.3 is 10.5 Å². The number of thiocarbonyl (C=S) groups is 1. The molecule has 1 aromatic rings. The molecule has 1 aliphatic carbocycles. The maximum Gasteiger partial charge on any atom is 0.417 e. The summed E-state index contributed by atoms with van der Waals surface area (Å²) < 4.78 is 44.2. The Morgan fingerprint density at radius 2 is 2.05 bits per heavy atom. The van der Waals surface area contributed by atoms with Crippen molar-refractivity contribution in [3.8, 4) is 5.75 Å². The van der Waals surface area contributed by atoms with Gasteiger partial charge in [0.05, 0.1) is 12.2 Å². The molecule has 0 saturated heterocycles. The van der Waals surface area contributed by atoms with E-state index in [0.29, 0.717) is 12.5 Å². The Morgan fingerprint density at radius 3 is 2.55 bits per heavy atom. The quantitative estimate of drug-likeness (QED) is 0.838. The van der Waals surface area contributed by atoms with Crippen molar-refractivity contribution >= 4 is 17.2 Å². The van der Waals surface area contributed by atoms with Gasteiger partial charge in [-0.15, -0.1) is 0 Å². The number of hydrogen-bond donors (Lipinski definition) is 1. The molecular weight excluding hydrogens is 287 g/mol. The van der Waals surface area contributed by atoms with E-state index in [1.54, 1.807) is 0 Å². The van der Waals surface area contributed by atoms with Gasteiger partial charge in [-0.2, -0.15) is 13.2 Å². The van der Waals surface area contributed by atoms with Crippen molar-refractivity contribution in [3.63, 3.8) is 0 Å². The largest absolute Gasteiger partial charge is 0.494 e. The second-order valence-electron chi connectivity index (χ2n) is 5.00. The van der Waals surface area contributed by atoms with Crippen LogP contribution >= 0.6 is 12.2 Å². The molecule has 0 unspecified atom stereocenters.